The molecule has 4 rings (SSSR count). The van der Waals surface area contributed by atoms with E-state index < -0.39 is 23.6 Å². The highest BCUT2D eigenvalue weighted by molar-refractivity contribution is 6.35. The average Bonchev–Trinajstić information content (AvgIpc) is 3.31. The van der Waals surface area contributed by atoms with Crippen LogP contribution in [0.25, 0.3) is 22.8 Å². The number of nitrogens with one attached hydrogen (secondary N) is 3. The summed E-state index contributed by atoms with van der Waals surface area (Å²) in [5.74, 6) is -5.37. The second-order valence-corrected chi connectivity index (χ2v) is 7.98. The van der Waals surface area contributed by atoms with Crippen molar-refractivity contribution in [2.75, 3.05) is 24.4 Å². The van der Waals surface area contributed by atoms with Crippen LogP contribution in [0.4, 0.5) is 24.5 Å². The van der Waals surface area contributed by atoms with E-state index in [0.717, 1.165) is 6.07 Å². The minimum Gasteiger partial charge on any atom is -0.375 e. The zero-order valence-corrected chi connectivity index (χ0v) is 19.0. The van der Waals surface area contributed by atoms with Crippen molar-refractivity contribution in [2.45, 2.75) is 12.8 Å². The Morgan fingerprint density at radius 2 is 1.94 bits per heavy atom. The monoisotopic (exact) mass is 481 g/mol. The number of carbonyl (C=O) groups excluding carboxylic acids is 2. The summed E-state index contributed by atoms with van der Waals surface area (Å²) in [6, 6.07) is 11.0. The average molecular weight is 481 g/mol. The van der Waals surface area contributed by atoms with Gasteiger partial charge in [0.2, 0.25) is 5.91 Å². The first-order chi connectivity index (χ1) is 16.7. The van der Waals surface area contributed by atoms with Crippen LogP contribution in [0.15, 0.2) is 55.1 Å². The Morgan fingerprint density at radius 3 is 2.60 bits per heavy atom. The Bertz CT molecular complexity index is 1360. The first kappa shape index (κ1) is 24.0. The molecule has 2 heterocycles. The van der Waals surface area contributed by atoms with E-state index >= 15 is 8.78 Å². The molecule has 1 aromatic heterocycles. The van der Waals surface area contributed by atoms with Crippen LogP contribution in [0.1, 0.15) is 22.5 Å². The van der Waals surface area contributed by atoms with Gasteiger partial charge in [-0.3, -0.25) is 9.59 Å². The highest BCUT2D eigenvalue weighted by atomic mass is 19.3. The quantitative estimate of drug-likeness (QED) is 0.309. The molecule has 0 fully saturated rings. The molecule has 35 heavy (non-hydrogen) atoms. The van der Waals surface area contributed by atoms with Crippen LogP contribution in [-0.2, 0) is 20.2 Å². The summed E-state index contributed by atoms with van der Waals surface area (Å²) >= 11 is 0. The molecule has 1 aliphatic heterocycles. The van der Waals surface area contributed by atoms with Crippen LogP contribution in [0.5, 0.6) is 0 Å². The number of aromatic amines is 1. The minimum atomic E-state index is -3.42. The summed E-state index contributed by atoms with van der Waals surface area (Å²) in [6.07, 6.45) is 1.82. The Hall–Kier alpha value is -4.11. The normalized spacial score (nSPS) is 14.1. The third kappa shape index (κ3) is 4.50. The number of anilines is 2. The summed E-state index contributed by atoms with van der Waals surface area (Å²) in [6.45, 7) is 4.66. The van der Waals surface area contributed by atoms with E-state index in [4.69, 9.17) is 4.74 Å². The van der Waals surface area contributed by atoms with Crippen LogP contribution in [0, 0.1) is 12.7 Å². The van der Waals surface area contributed by atoms with Gasteiger partial charge in [0.1, 0.15) is 12.4 Å². The molecule has 3 N–H and O–H groups in total. The summed E-state index contributed by atoms with van der Waals surface area (Å²) in [7, 11) is 1.32. The number of aromatic nitrogens is 1. The Kier molecular flexibility index (Phi) is 6.36. The fourth-order valence-electron chi connectivity index (χ4n) is 4.08. The molecule has 6 nitrogen and oxygen atoms in total. The summed E-state index contributed by atoms with van der Waals surface area (Å²) in [5.41, 5.74) is 1.27. The molecule has 180 valence electrons. The molecule has 0 saturated heterocycles. The summed E-state index contributed by atoms with van der Waals surface area (Å²) < 4.78 is 49.6. The fourth-order valence-corrected chi connectivity index (χ4v) is 4.08. The van der Waals surface area contributed by atoms with Crippen LogP contribution in [0.2, 0.25) is 0 Å². The largest absolute Gasteiger partial charge is 0.375 e. The van der Waals surface area contributed by atoms with E-state index in [2.05, 4.69) is 22.2 Å². The van der Waals surface area contributed by atoms with Gasteiger partial charge in [-0.15, -0.1) is 0 Å². The van der Waals surface area contributed by atoms with Gasteiger partial charge in [-0.05, 0) is 36.8 Å². The summed E-state index contributed by atoms with van der Waals surface area (Å²) in [4.78, 5) is 27.5. The van der Waals surface area contributed by atoms with E-state index in [1.54, 1.807) is 37.3 Å². The van der Waals surface area contributed by atoms with Gasteiger partial charge < -0.3 is 20.4 Å². The lowest BCUT2D eigenvalue weighted by molar-refractivity contribution is -0.119. The Morgan fingerprint density at radius 1 is 1.23 bits per heavy atom. The van der Waals surface area contributed by atoms with E-state index in [9.17, 15) is 14.0 Å². The number of aryl methyl sites for hydroxylation is 1. The van der Waals surface area contributed by atoms with Crippen LogP contribution < -0.4 is 10.6 Å². The number of rotatable bonds is 7. The smallest absolute Gasteiger partial charge is 0.294 e. The lowest BCUT2D eigenvalue weighted by Crippen LogP contribution is -2.18. The van der Waals surface area contributed by atoms with Gasteiger partial charge in [-0.25, -0.2) is 4.39 Å². The van der Waals surface area contributed by atoms with Crippen molar-refractivity contribution < 1.29 is 27.5 Å². The molecular weight excluding hydrogens is 459 g/mol. The van der Waals surface area contributed by atoms with E-state index in [1.165, 1.54) is 19.3 Å². The number of fused-ring (bicyclic) bond motifs is 1. The Balaban J connectivity index is 1.84. The molecule has 0 saturated carbocycles. The van der Waals surface area contributed by atoms with Gasteiger partial charge in [0.25, 0.3) is 11.8 Å². The predicted molar refractivity (Wildman–Crippen MR) is 128 cm³/mol. The van der Waals surface area contributed by atoms with Crippen molar-refractivity contribution in [3.63, 3.8) is 0 Å². The number of benzene rings is 2. The zero-order valence-electron chi connectivity index (χ0n) is 19.0. The standard InChI is InChI=1S/C26H22F3N3O3/c1-4-26(28,29)24-21(30-14(2)23(24)15-8-6-5-7-9-15)11-17-16-10-18(27)20(31-22(33)13-35-3)12-19(16)32-25(17)34/h4-12,30H,1,13H2,2-3H3,(H,31,33)(H,32,34)/b17-11-. The first-order valence-corrected chi connectivity index (χ1v) is 10.6. The number of ether oxygens (including phenoxy) is 1. The predicted octanol–water partition coefficient (Wildman–Crippen LogP) is 5.48. The lowest BCUT2D eigenvalue weighted by Gasteiger charge is -2.15. The number of amides is 2. The molecule has 0 radical (unpaired) electrons. The molecule has 1 aliphatic rings. The van der Waals surface area contributed by atoms with Gasteiger partial charge in [0.05, 0.1) is 22.5 Å². The van der Waals surface area contributed by atoms with Gasteiger partial charge in [0.15, 0.2) is 0 Å². The van der Waals surface area contributed by atoms with Crippen molar-refractivity contribution in [2.24, 2.45) is 0 Å². The van der Waals surface area contributed by atoms with Gasteiger partial charge in [-0.1, -0.05) is 36.9 Å². The van der Waals surface area contributed by atoms with E-state index in [1.807, 2.05) is 0 Å². The number of carbonyl (C=O) groups is 2. The van der Waals surface area contributed by atoms with E-state index in [0.29, 0.717) is 22.9 Å². The van der Waals surface area contributed by atoms with Gasteiger partial charge in [0, 0.05) is 29.6 Å². The van der Waals surface area contributed by atoms with Gasteiger partial charge >= 0.3 is 0 Å². The molecule has 0 atom stereocenters. The number of alkyl halides is 2. The SMILES string of the molecule is C=CC(F)(F)c1c(/C=C2\C(=O)Nc3cc(NC(=O)COC)c(F)cc32)[nH]c(C)c1-c1ccccc1. The number of hydrogen-bond acceptors (Lipinski definition) is 3. The summed E-state index contributed by atoms with van der Waals surface area (Å²) in [5, 5.41) is 4.95. The minimum absolute atomic E-state index is 0.00198. The lowest BCUT2D eigenvalue weighted by atomic mass is 9.95. The zero-order chi connectivity index (χ0) is 25.3. The number of allylic oxidation sites excluding steroid dienone is 1. The second-order valence-electron chi connectivity index (χ2n) is 7.98. The Labute approximate surface area is 199 Å². The number of H-pyrrole nitrogens is 1. The van der Waals surface area contributed by atoms with Crippen LogP contribution in [-0.4, -0.2) is 30.5 Å². The van der Waals surface area contributed by atoms with Crippen molar-refractivity contribution in [3.8, 4) is 11.1 Å². The first-order valence-electron chi connectivity index (χ1n) is 10.6. The topological polar surface area (TPSA) is 83.2 Å². The molecule has 0 unspecified atom stereocenters. The molecule has 9 heteroatoms. The molecule has 3 aromatic rings. The molecule has 0 bridgehead atoms. The third-order valence-electron chi connectivity index (χ3n) is 5.60. The fraction of sp³-hybridized carbons (Fsp3) is 0.154. The molecule has 2 amide bonds. The third-order valence-corrected chi connectivity index (χ3v) is 5.60. The van der Waals surface area contributed by atoms with E-state index in [-0.39, 0.29) is 40.4 Å². The molecule has 2 aromatic carbocycles. The highest BCUT2D eigenvalue weighted by Crippen LogP contribution is 2.44. The van der Waals surface area contributed by atoms with Crippen molar-refractivity contribution in [1.29, 1.82) is 0 Å². The highest BCUT2D eigenvalue weighted by Gasteiger charge is 2.36. The molecule has 0 spiro atoms. The van der Waals surface area contributed by atoms with Crippen molar-refractivity contribution >= 4 is 34.8 Å². The molecular formula is C26H22F3N3O3. The maximum atomic E-state index is 15.1. The van der Waals surface area contributed by atoms with Crippen molar-refractivity contribution in [1.82, 2.24) is 4.98 Å². The van der Waals surface area contributed by atoms with Crippen LogP contribution in [0.3, 0.4) is 0 Å². The van der Waals surface area contributed by atoms with Crippen molar-refractivity contribution in [3.05, 3.63) is 83.5 Å². The maximum absolute atomic E-state index is 15.1. The number of hydrogen-bond donors (Lipinski definition) is 3. The number of methoxy groups -OCH3 is 1. The maximum Gasteiger partial charge on any atom is 0.294 e. The number of halogens is 3. The second kappa shape index (κ2) is 9.27. The van der Waals surface area contributed by atoms with Gasteiger partial charge in [-0.2, -0.15) is 8.78 Å². The molecule has 0 aliphatic carbocycles. The van der Waals surface area contributed by atoms with Crippen LogP contribution >= 0.6 is 0 Å².